The average molecular weight is 226 g/mol. The van der Waals surface area contributed by atoms with Crippen LogP contribution < -0.4 is 5.32 Å². The Morgan fingerprint density at radius 2 is 2.25 bits per heavy atom. The van der Waals surface area contributed by atoms with Gasteiger partial charge in [0.1, 0.15) is 0 Å². The van der Waals surface area contributed by atoms with Crippen molar-refractivity contribution in [3.05, 3.63) is 12.7 Å². The van der Waals surface area contributed by atoms with Crippen LogP contribution in [0.1, 0.15) is 20.3 Å². The molecule has 3 nitrogen and oxygen atoms in total. The maximum Gasteiger partial charge on any atom is 0.0623 e. The fourth-order valence-electron chi connectivity index (χ4n) is 2.18. The fraction of sp³-hybridized carbons (Fsp3) is 0.846. The summed E-state index contributed by atoms with van der Waals surface area (Å²) in [6.45, 7) is 14.3. The van der Waals surface area contributed by atoms with Crippen LogP contribution in [-0.2, 0) is 4.74 Å². The maximum atomic E-state index is 5.58. The van der Waals surface area contributed by atoms with Crippen molar-refractivity contribution >= 4 is 0 Å². The van der Waals surface area contributed by atoms with Crippen molar-refractivity contribution in [2.45, 2.75) is 26.3 Å². The number of nitrogens with one attached hydrogen (secondary N) is 1. The molecule has 0 aromatic rings. The molecule has 0 amide bonds. The van der Waals surface area contributed by atoms with E-state index in [4.69, 9.17) is 4.74 Å². The summed E-state index contributed by atoms with van der Waals surface area (Å²) >= 11 is 0. The van der Waals surface area contributed by atoms with Gasteiger partial charge in [-0.2, -0.15) is 0 Å². The van der Waals surface area contributed by atoms with Gasteiger partial charge in [0, 0.05) is 25.0 Å². The summed E-state index contributed by atoms with van der Waals surface area (Å²) < 4.78 is 5.58. The number of likely N-dealkylation sites (N-methyl/N-ethyl adjacent to an activating group) is 1. The quantitative estimate of drug-likeness (QED) is 0.635. The molecule has 2 atom stereocenters. The molecule has 0 radical (unpaired) electrons. The lowest BCUT2D eigenvalue weighted by Crippen LogP contribution is -2.42. The minimum absolute atomic E-state index is 0.541. The molecule has 16 heavy (non-hydrogen) atoms. The van der Waals surface area contributed by atoms with Crippen LogP contribution in [-0.4, -0.2) is 50.3 Å². The Morgan fingerprint density at radius 1 is 1.44 bits per heavy atom. The molecule has 1 rings (SSSR count). The highest BCUT2D eigenvalue weighted by molar-refractivity contribution is 4.85. The first kappa shape index (κ1) is 13.7. The van der Waals surface area contributed by atoms with Gasteiger partial charge < -0.3 is 10.1 Å². The number of hydrogen-bond donors (Lipinski definition) is 1. The van der Waals surface area contributed by atoms with E-state index in [0.29, 0.717) is 12.0 Å². The van der Waals surface area contributed by atoms with E-state index >= 15 is 0 Å². The summed E-state index contributed by atoms with van der Waals surface area (Å²) in [6, 6.07) is 0.541. The van der Waals surface area contributed by atoms with Crippen molar-refractivity contribution in [3.8, 4) is 0 Å². The lowest BCUT2D eigenvalue weighted by molar-refractivity contribution is 0.172. The Hall–Kier alpha value is -0.380. The van der Waals surface area contributed by atoms with Crippen LogP contribution >= 0.6 is 0 Å². The van der Waals surface area contributed by atoms with E-state index in [1.807, 2.05) is 6.08 Å². The summed E-state index contributed by atoms with van der Waals surface area (Å²) in [5, 5.41) is 3.58. The lowest BCUT2D eigenvalue weighted by Gasteiger charge is -2.26. The zero-order chi connectivity index (χ0) is 11.8. The zero-order valence-corrected chi connectivity index (χ0v) is 10.7. The highest BCUT2D eigenvalue weighted by Gasteiger charge is 2.28. The highest BCUT2D eigenvalue weighted by Crippen LogP contribution is 2.15. The van der Waals surface area contributed by atoms with E-state index < -0.39 is 0 Å². The summed E-state index contributed by atoms with van der Waals surface area (Å²) in [5.74, 6) is 0.631. The smallest absolute Gasteiger partial charge is 0.0623 e. The lowest BCUT2D eigenvalue weighted by atomic mass is 10.0. The second-order valence-electron chi connectivity index (χ2n) is 4.50. The molecule has 1 fully saturated rings. The minimum atomic E-state index is 0.541. The van der Waals surface area contributed by atoms with Gasteiger partial charge in [0.2, 0.25) is 0 Å². The molecule has 94 valence electrons. The number of ether oxygens (including phenoxy) is 1. The van der Waals surface area contributed by atoms with Crippen molar-refractivity contribution < 1.29 is 4.74 Å². The van der Waals surface area contributed by atoms with E-state index in [9.17, 15) is 0 Å². The predicted molar refractivity (Wildman–Crippen MR) is 68.7 cm³/mol. The second kappa shape index (κ2) is 7.82. The molecular weight excluding hydrogens is 200 g/mol. The summed E-state index contributed by atoms with van der Waals surface area (Å²) in [7, 11) is 0. The van der Waals surface area contributed by atoms with Crippen LogP contribution in [0.15, 0.2) is 12.7 Å². The number of rotatable bonds is 8. The van der Waals surface area contributed by atoms with Gasteiger partial charge in [0.05, 0.1) is 13.2 Å². The third-order valence-electron chi connectivity index (χ3n) is 3.18. The van der Waals surface area contributed by atoms with Crippen molar-refractivity contribution in [2.75, 3.05) is 39.4 Å². The van der Waals surface area contributed by atoms with E-state index in [0.717, 1.165) is 39.4 Å². The molecule has 0 bridgehead atoms. The van der Waals surface area contributed by atoms with Crippen molar-refractivity contribution in [3.63, 3.8) is 0 Å². The highest BCUT2D eigenvalue weighted by atomic mass is 16.5. The fourth-order valence-corrected chi connectivity index (χ4v) is 2.18. The molecule has 0 aliphatic carbocycles. The molecule has 0 saturated carbocycles. The van der Waals surface area contributed by atoms with Gasteiger partial charge in [-0.25, -0.2) is 0 Å². The predicted octanol–water partition coefficient (Wildman–Crippen LogP) is 1.51. The molecule has 1 aliphatic heterocycles. The third kappa shape index (κ3) is 4.24. The minimum Gasteiger partial charge on any atom is -0.379 e. The summed E-state index contributed by atoms with van der Waals surface area (Å²) in [4.78, 5) is 2.42. The third-order valence-corrected chi connectivity index (χ3v) is 3.18. The topological polar surface area (TPSA) is 24.5 Å². The summed E-state index contributed by atoms with van der Waals surface area (Å²) in [5.41, 5.74) is 0. The Morgan fingerprint density at radius 3 is 2.88 bits per heavy atom. The molecule has 0 spiro atoms. The van der Waals surface area contributed by atoms with Crippen LogP contribution in [0.25, 0.3) is 0 Å². The van der Waals surface area contributed by atoms with Crippen molar-refractivity contribution in [1.29, 1.82) is 0 Å². The SMILES string of the molecule is C=CCN(CC)CC1COCC1NCCC. The molecule has 3 heteroatoms. The molecular formula is C13H26N2O. The van der Waals surface area contributed by atoms with Crippen LogP contribution in [0.2, 0.25) is 0 Å². The first-order valence-corrected chi connectivity index (χ1v) is 6.46. The molecule has 1 aliphatic rings. The van der Waals surface area contributed by atoms with E-state index in [1.165, 1.54) is 6.42 Å². The first-order chi connectivity index (χ1) is 7.81. The monoisotopic (exact) mass is 226 g/mol. The van der Waals surface area contributed by atoms with Gasteiger partial charge in [-0.05, 0) is 19.5 Å². The summed E-state index contributed by atoms with van der Waals surface area (Å²) in [6.07, 6.45) is 3.17. The largest absolute Gasteiger partial charge is 0.379 e. The number of nitrogens with zero attached hydrogens (tertiary/aromatic N) is 1. The molecule has 1 heterocycles. The first-order valence-electron chi connectivity index (χ1n) is 6.46. The van der Waals surface area contributed by atoms with Crippen LogP contribution in [0.5, 0.6) is 0 Å². The van der Waals surface area contributed by atoms with E-state index in [2.05, 4.69) is 30.6 Å². The van der Waals surface area contributed by atoms with Crippen LogP contribution in [0.4, 0.5) is 0 Å². The Balaban J connectivity index is 2.35. The van der Waals surface area contributed by atoms with E-state index in [1.54, 1.807) is 0 Å². The van der Waals surface area contributed by atoms with Crippen LogP contribution in [0, 0.1) is 5.92 Å². The standard InChI is InChI=1S/C13H26N2O/c1-4-7-14-13-11-16-10-12(13)9-15(6-3)8-5-2/h5,12-14H,2,4,6-11H2,1,3H3. The average Bonchev–Trinajstić information content (AvgIpc) is 2.73. The zero-order valence-electron chi connectivity index (χ0n) is 10.7. The van der Waals surface area contributed by atoms with Gasteiger partial charge >= 0.3 is 0 Å². The van der Waals surface area contributed by atoms with Gasteiger partial charge in [0.25, 0.3) is 0 Å². The molecule has 1 N–H and O–H groups in total. The molecule has 0 aromatic carbocycles. The Kier molecular flexibility index (Phi) is 6.69. The molecule has 2 unspecified atom stereocenters. The van der Waals surface area contributed by atoms with Crippen molar-refractivity contribution in [1.82, 2.24) is 10.2 Å². The molecule has 0 aromatic heterocycles. The van der Waals surface area contributed by atoms with E-state index in [-0.39, 0.29) is 0 Å². The van der Waals surface area contributed by atoms with Crippen molar-refractivity contribution in [2.24, 2.45) is 5.92 Å². The molecule has 1 saturated heterocycles. The van der Waals surface area contributed by atoms with Gasteiger partial charge in [0.15, 0.2) is 0 Å². The maximum absolute atomic E-state index is 5.58. The number of hydrogen-bond acceptors (Lipinski definition) is 3. The van der Waals surface area contributed by atoms with Gasteiger partial charge in [-0.15, -0.1) is 6.58 Å². The Bertz CT molecular complexity index is 196. The van der Waals surface area contributed by atoms with Gasteiger partial charge in [-0.1, -0.05) is 19.9 Å². The Labute approximate surface area is 99.8 Å². The second-order valence-corrected chi connectivity index (χ2v) is 4.50. The van der Waals surface area contributed by atoms with Crippen LogP contribution in [0.3, 0.4) is 0 Å². The van der Waals surface area contributed by atoms with Gasteiger partial charge in [-0.3, -0.25) is 4.90 Å². The normalized spacial score (nSPS) is 25.2.